The Morgan fingerprint density at radius 3 is 2.74 bits per heavy atom. The lowest BCUT2D eigenvalue weighted by Crippen LogP contribution is -2.20. The standard InChI is InChI=1S/C21H21ClN6O3/c1-31-16-7-13(4-5-27-10-14(12-29)2-3-18(27)30)6-15(8-16)11-28-20-17(9-24-28)19(23)25-21(22)26-20/h2-3,6-10,29H,4-5,11-12H2,1H3,(H2,23,25,26). The summed E-state index contributed by atoms with van der Waals surface area (Å²) in [6.07, 6.45) is 3.90. The number of nitrogens with zero attached hydrogens (tertiary/aromatic N) is 5. The quantitative estimate of drug-likeness (QED) is 0.421. The van der Waals surface area contributed by atoms with Crippen molar-refractivity contribution in [3.8, 4) is 5.75 Å². The zero-order chi connectivity index (χ0) is 22.0. The number of pyridine rings is 1. The van der Waals surface area contributed by atoms with E-state index in [1.165, 1.54) is 6.07 Å². The van der Waals surface area contributed by atoms with Crippen LogP contribution in [-0.2, 0) is 26.1 Å². The third kappa shape index (κ3) is 4.52. The molecular weight excluding hydrogens is 420 g/mol. The first-order valence-corrected chi connectivity index (χ1v) is 9.96. The molecule has 0 aliphatic carbocycles. The Kier molecular flexibility index (Phi) is 5.88. The Labute approximate surface area is 182 Å². The summed E-state index contributed by atoms with van der Waals surface area (Å²) in [5.41, 5.74) is 8.98. The first kappa shape index (κ1) is 20.8. The molecule has 0 atom stereocenters. The molecule has 9 nitrogen and oxygen atoms in total. The third-order valence-electron chi connectivity index (χ3n) is 4.96. The minimum atomic E-state index is -0.113. The largest absolute Gasteiger partial charge is 0.497 e. The van der Waals surface area contributed by atoms with Crippen molar-refractivity contribution in [3.63, 3.8) is 0 Å². The van der Waals surface area contributed by atoms with Gasteiger partial charge in [0.15, 0.2) is 5.65 Å². The molecule has 3 aromatic heterocycles. The number of halogens is 1. The predicted octanol–water partition coefficient (Wildman–Crippen LogP) is 2.02. The highest BCUT2D eigenvalue weighted by molar-refractivity contribution is 6.28. The lowest BCUT2D eigenvalue weighted by atomic mass is 10.1. The van der Waals surface area contributed by atoms with Crippen molar-refractivity contribution < 1.29 is 9.84 Å². The average molecular weight is 441 g/mol. The van der Waals surface area contributed by atoms with Gasteiger partial charge in [0.2, 0.25) is 5.28 Å². The molecule has 0 saturated heterocycles. The highest BCUT2D eigenvalue weighted by atomic mass is 35.5. The van der Waals surface area contributed by atoms with Crippen LogP contribution in [-0.4, -0.2) is 36.5 Å². The predicted molar refractivity (Wildman–Crippen MR) is 117 cm³/mol. The van der Waals surface area contributed by atoms with E-state index in [4.69, 9.17) is 22.1 Å². The molecule has 0 radical (unpaired) electrons. The van der Waals surface area contributed by atoms with Gasteiger partial charge in [0, 0.05) is 18.8 Å². The summed E-state index contributed by atoms with van der Waals surface area (Å²) < 4.78 is 8.75. The van der Waals surface area contributed by atoms with Gasteiger partial charge in [0.1, 0.15) is 11.6 Å². The number of aryl methyl sites for hydroxylation is 2. The van der Waals surface area contributed by atoms with Crippen LogP contribution in [0.1, 0.15) is 16.7 Å². The van der Waals surface area contributed by atoms with E-state index in [1.54, 1.807) is 34.8 Å². The van der Waals surface area contributed by atoms with Crippen molar-refractivity contribution in [2.45, 2.75) is 26.1 Å². The van der Waals surface area contributed by atoms with E-state index in [0.29, 0.717) is 41.9 Å². The Bertz CT molecular complexity index is 1300. The minimum absolute atomic E-state index is 0.0635. The SMILES string of the molecule is COc1cc(CCn2cc(CO)ccc2=O)cc(Cn2ncc3c(N)nc(Cl)nc32)c1. The summed E-state index contributed by atoms with van der Waals surface area (Å²) in [7, 11) is 1.61. The molecular formula is C21H21ClN6O3. The lowest BCUT2D eigenvalue weighted by molar-refractivity contribution is 0.280. The van der Waals surface area contributed by atoms with Crippen molar-refractivity contribution in [2.75, 3.05) is 12.8 Å². The molecule has 0 spiro atoms. The van der Waals surface area contributed by atoms with E-state index in [1.807, 2.05) is 18.2 Å². The number of aromatic nitrogens is 5. The summed E-state index contributed by atoms with van der Waals surface area (Å²) in [5, 5.41) is 14.4. The Balaban J connectivity index is 1.61. The van der Waals surface area contributed by atoms with Gasteiger partial charge >= 0.3 is 0 Å². The number of ether oxygens (including phenoxy) is 1. The zero-order valence-corrected chi connectivity index (χ0v) is 17.6. The lowest BCUT2D eigenvalue weighted by Gasteiger charge is -2.11. The van der Waals surface area contributed by atoms with Gasteiger partial charge in [-0.3, -0.25) is 4.79 Å². The molecule has 0 aliphatic rings. The van der Waals surface area contributed by atoms with Crippen LogP contribution in [0.5, 0.6) is 5.75 Å². The summed E-state index contributed by atoms with van der Waals surface area (Å²) in [6, 6.07) is 8.97. The molecule has 0 bridgehead atoms. The summed E-state index contributed by atoms with van der Waals surface area (Å²) in [5.74, 6) is 0.982. The topological polar surface area (TPSA) is 121 Å². The Hall–Kier alpha value is -3.43. The van der Waals surface area contributed by atoms with Crippen molar-refractivity contribution >= 4 is 28.5 Å². The number of aliphatic hydroxyl groups is 1. The monoisotopic (exact) mass is 440 g/mol. The molecule has 0 amide bonds. The van der Waals surface area contributed by atoms with Crippen molar-refractivity contribution in [2.24, 2.45) is 0 Å². The second-order valence-corrected chi connectivity index (χ2v) is 7.42. The van der Waals surface area contributed by atoms with Gasteiger partial charge in [0.05, 0.1) is 31.8 Å². The van der Waals surface area contributed by atoms with Crippen LogP contribution in [0.2, 0.25) is 5.28 Å². The maximum absolute atomic E-state index is 12.1. The number of benzene rings is 1. The maximum Gasteiger partial charge on any atom is 0.250 e. The van der Waals surface area contributed by atoms with E-state index in [0.717, 1.165) is 11.1 Å². The molecule has 4 aromatic rings. The number of rotatable bonds is 7. The van der Waals surface area contributed by atoms with E-state index in [2.05, 4.69) is 15.1 Å². The van der Waals surface area contributed by atoms with Crippen LogP contribution in [0.15, 0.2) is 47.5 Å². The maximum atomic E-state index is 12.1. The second-order valence-electron chi connectivity index (χ2n) is 7.08. The van der Waals surface area contributed by atoms with E-state index < -0.39 is 0 Å². The number of nitrogens with two attached hydrogens (primary N) is 1. The molecule has 0 unspecified atom stereocenters. The van der Waals surface area contributed by atoms with Crippen molar-refractivity contribution in [3.05, 3.63) is 75.1 Å². The molecule has 31 heavy (non-hydrogen) atoms. The molecule has 160 valence electrons. The Morgan fingerprint density at radius 1 is 1.16 bits per heavy atom. The fourth-order valence-electron chi connectivity index (χ4n) is 3.42. The average Bonchev–Trinajstić information content (AvgIpc) is 3.15. The molecule has 0 aliphatic heterocycles. The number of fused-ring (bicyclic) bond motifs is 1. The first-order valence-electron chi connectivity index (χ1n) is 9.58. The Morgan fingerprint density at radius 2 is 1.97 bits per heavy atom. The first-order chi connectivity index (χ1) is 15.0. The number of anilines is 1. The summed E-state index contributed by atoms with van der Waals surface area (Å²) >= 11 is 5.96. The van der Waals surface area contributed by atoms with Crippen molar-refractivity contribution in [1.29, 1.82) is 0 Å². The van der Waals surface area contributed by atoms with E-state index in [-0.39, 0.29) is 23.3 Å². The minimum Gasteiger partial charge on any atom is -0.497 e. The van der Waals surface area contributed by atoms with Gasteiger partial charge in [-0.15, -0.1) is 0 Å². The number of aliphatic hydroxyl groups excluding tert-OH is 1. The fourth-order valence-corrected chi connectivity index (χ4v) is 3.59. The van der Waals surface area contributed by atoms with Gasteiger partial charge in [-0.25, -0.2) is 9.67 Å². The molecule has 0 fully saturated rings. The van der Waals surface area contributed by atoms with Gasteiger partial charge in [-0.1, -0.05) is 6.07 Å². The van der Waals surface area contributed by atoms with Gasteiger partial charge in [0.25, 0.3) is 5.56 Å². The highest BCUT2D eigenvalue weighted by Gasteiger charge is 2.12. The van der Waals surface area contributed by atoms with E-state index in [9.17, 15) is 9.90 Å². The van der Waals surface area contributed by atoms with Gasteiger partial charge in [-0.2, -0.15) is 10.1 Å². The van der Waals surface area contributed by atoms with Gasteiger partial charge in [-0.05, 0) is 52.9 Å². The van der Waals surface area contributed by atoms with Crippen LogP contribution in [0.4, 0.5) is 5.82 Å². The number of nitrogen functional groups attached to an aromatic ring is 1. The highest BCUT2D eigenvalue weighted by Crippen LogP contribution is 2.22. The van der Waals surface area contributed by atoms with E-state index >= 15 is 0 Å². The molecule has 0 saturated carbocycles. The fraction of sp³-hybridized carbons (Fsp3) is 0.238. The van der Waals surface area contributed by atoms with Crippen LogP contribution in [0.3, 0.4) is 0 Å². The second kappa shape index (κ2) is 8.75. The molecule has 10 heteroatoms. The van der Waals surface area contributed by atoms with Crippen LogP contribution >= 0.6 is 11.6 Å². The number of methoxy groups -OCH3 is 1. The van der Waals surface area contributed by atoms with Crippen LogP contribution in [0, 0.1) is 0 Å². The van der Waals surface area contributed by atoms with Crippen LogP contribution < -0.4 is 16.0 Å². The summed E-state index contributed by atoms with van der Waals surface area (Å²) in [4.78, 5) is 20.3. The molecule has 3 heterocycles. The normalized spacial score (nSPS) is 11.2. The van der Waals surface area contributed by atoms with Crippen molar-refractivity contribution in [1.82, 2.24) is 24.3 Å². The van der Waals surface area contributed by atoms with Gasteiger partial charge < -0.3 is 20.1 Å². The zero-order valence-electron chi connectivity index (χ0n) is 16.8. The third-order valence-corrected chi connectivity index (χ3v) is 5.13. The number of hydrogen-bond donors (Lipinski definition) is 2. The molecule has 3 N–H and O–H groups in total. The van der Waals surface area contributed by atoms with Crippen LogP contribution in [0.25, 0.3) is 11.0 Å². The summed E-state index contributed by atoms with van der Waals surface area (Å²) in [6.45, 7) is 0.795. The molecule has 1 aromatic carbocycles. The smallest absolute Gasteiger partial charge is 0.250 e. The molecule has 4 rings (SSSR count). The number of hydrogen-bond acceptors (Lipinski definition) is 7.